The van der Waals surface area contributed by atoms with E-state index in [4.69, 9.17) is 11.6 Å². The highest BCUT2D eigenvalue weighted by Gasteiger charge is 2.28. The van der Waals surface area contributed by atoms with Gasteiger partial charge in [0.15, 0.2) is 0 Å². The normalized spacial score (nSPS) is 16.4. The van der Waals surface area contributed by atoms with Crippen LogP contribution in [0.5, 0.6) is 0 Å². The number of hydrogen-bond acceptors (Lipinski definition) is 2. The Balaban J connectivity index is 2.39. The molecule has 2 heterocycles. The lowest BCUT2D eigenvalue weighted by atomic mass is 10.4. The maximum Gasteiger partial charge on any atom is 0.204 e. The Morgan fingerprint density at radius 3 is 2.93 bits per heavy atom. The summed E-state index contributed by atoms with van der Waals surface area (Å²) in [6, 6.07) is 0.534. The number of aromatic nitrogens is 3. The number of fused-ring (bicyclic) bond motifs is 1. The molecule has 1 saturated carbocycles. The molecule has 0 N–H and O–H groups in total. The summed E-state index contributed by atoms with van der Waals surface area (Å²) in [7, 11) is 0. The van der Waals surface area contributed by atoms with Gasteiger partial charge in [-0.25, -0.2) is 4.98 Å². The van der Waals surface area contributed by atoms with Gasteiger partial charge in [0, 0.05) is 12.2 Å². The molecule has 0 unspecified atom stereocenters. The number of imidazole rings is 1. The molecule has 0 bridgehead atoms. The van der Waals surface area contributed by atoms with Crippen molar-refractivity contribution in [3.05, 3.63) is 22.1 Å². The lowest BCUT2D eigenvalue weighted by Crippen LogP contribution is -1.93. The van der Waals surface area contributed by atoms with Crippen LogP contribution in [0.2, 0.25) is 5.28 Å². The standard InChI is InChI=1S/C9H7BrClN3/c10-6-3-12-4-7-8(6)14(5-1-2-5)9(11)13-7/h3-5H,1-2H2. The molecule has 0 spiro atoms. The van der Waals surface area contributed by atoms with Gasteiger partial charge in [-0.05, 0) is 40.4 Å². The molecule has 0 radical (unpaired) electrons. The third kappa shape index (κ3) is 1.17. The summed E-state index contributed by atoms with van der Waals surface area (Å²) in [5, 5.41) is 0.566. The molecule has 0 saturated heterocycles. The molecular weight excluding hydrogens is 265 g/mol. The van der Waals surface area contributed by atoms with Crippen molar-refractivity contribution in [1.29, 1.82) is 0 Å². The van der Waals surface area contributed by atoms with E-state index in [0.29, 0.717) is 11.3 Å². The van der Waals surface area contributed by atoms with Gasteiger partial charge < -0.3 is 4.57 Å². The second kappa shape index (κ2) is 2.94. The van der Waals surface area contributed by atoms with Gasteiger partial charge in [0.25, 0.3) is 0 Å². The molecule has 14 heavy (non-hydrogen) atoms. The number of hydrogen-bond donors (Lipinski definition) is 0. The number of halogens is 2. The van der Waals surface area contributed by atoms with Crippen LogP contribution in [0.4, 0.5) is 0 Å². The van der Waals surface area contributed by atoms with Gasteiger partial charge >= 0.3 is 0 Å². The van der Waals surface area contributed by atoms with Crippen molar-refractivity contribution in [3.8, 4) is 0 Å². The van der Waals surface area contributed by atoms with Gasteiger partial charge in [0.1, 0.15) is 5.52 Å². The summed E-state index contributed by atoms with van der Waals surface area (Å²) in [6.45, 7) is 0. The zero-order chi connectivity index (χ0) is 9.71. The van der Waals surface area contributed by atoms with Crippen molar-refractivity contribution in [2.24, 2.45) is 0 Å². The van der Waals surface area contributed by atoms with Gasteiger partial charge in [-0.1, -0.05) is 0 Å². The van der Waals surface area contributed by atoms with Crippen LogP contribution in [-0.4, -0.2) is 14.5 Å². The van der Waals surface area contributed by atoms with E-state index in [-0.39, 0.29) is 0 Å². The lowest BCUT2D eigenvalue weighted by molar-refractivity contribution is 0.765. The van der Waals surface area contributed by atoms with Crippen molar-refractivity contribution in [2.75, 3.05) is 0 Å². The second-order valence-corrected chi connectivity index (χ2v) is 4.66. The van der Waals surface area contributed by atoms with Crippen LogP contribution in [0.1, 0.15) is 18.9 Å². The van der Waals surface area contributed by atoms with Gasteiger partial charge in [0.2, 0.25) is 5.28 Å². The van der Waals surface area contributed by atoms with E-state index >= 15 is 0 Å². The molecule has 0 atom stereocenters. The minimum Gasteiger partial charge on any atom is -0.310 e. The molecule has 1 aliphatic rings. The smallest absolute Gasteiger partial charge is 0.204 e. The highest BCUT2D eigenvalue weighted by Crippen LogP contribution is 2.41. The van der Waals surface area contributed by atoms with E-state index in [1.807, 2.05) is 0 Å². The van der Waals surface area contributed by atoms with E-state index in [2.05, 4.69) is 30.5 Å². The monoisotopic (exact) mass is 271 g/mol. The van der Waals surface area contributed by atoms with Crippen molar-refractivity contribution in [2.45, 2.75) is 18.9 Å². The summed E-state index contributed by atoms with van der Waals surface area (Å²) < 4.78 is 3.05. The Kier molecular flexibility index (Phi) is 1.82. The largest absolute Gasteiger partial charge is 0.310 e. The zero-order valence-corrected chi connectivity index (χ0v) is 9.59. The Morgan fingerprint density at radius 1 is 1.43 bits per heavy atom. The molecule has 2 aromatic rings. The zero-order valence-electron chi connectivity index (χ0n) is 7.24. The fourth-order valence-corrected chi connectivity index (χ4v) is 2.48. The van der Waals surface area contributed by atoms with Crippen LogP contribution in [0.25, 0.3) is 11.0 Å². The van der Waals surface area contributed by atoms with Crippen LogP contribution >= 0.6 is 27.5 Å². The number of rotatable bonds is 1. The minimum atomic E-state index is 0.534. The number of pyridine rings is 1. The summed E-state index contributed by atoms with van der Waals surface area (Å²) in [6.07, 6.45) is 5.91. The third-order valence-electron chi connectivity index (χ3n) is 2.42. The van der Waals surface area contributed by atoms with Crippen LogP contribution in [0, 0.1) is 0 Å². The molecule has 0 aromatic carbocycles. The van der Waals surface area contributed by atoms with Gasteiger partial charge in [-0.2, -0.15) is 0 Å². The third-order valence-corrected chi connectivity index (χ3v) is 3.26. The molecule has 0 amide bonds. The minimum absolute atomic E-state index is 0.534. The molecule has 72 valence electrons. The highest BCUT2D eigenvalue weighted by atomic mass is 79.9. The Bertz CT molecular complexity index is 504. The highest BCUT2D eigenvalue weighted by molar-refractivity contribution is 9.10. The van der Waals surface area contributed by atoms with Crippen LogP contribution in [0.3, 0.4) is 0 Å². The average Bonchev–Trinajstić information content (AvgIpc) is 2.90. The molecule has 0 aliphatic heterocycles. The van der Waals surface area contributed by atoms with Crippen LogP contribution in [-0.2, 0) is 0 Å². The lowest BCUT2D eigenvalue weighted by Gasteiger charge is -2.03. The van der Waals surface area contributed by atoms with Gasteiger partial charge in [0.05, 0.1) is 16.2 Å². The van der Waals surface area contributed by atoms with Crippen molar-refractivity contribution in [1.82, 2.24) is 14.5 Å². The Morgan fingerprint density at radius 2 is 2.21 bits per heavy atom. The summed E-state index contributed by atoms with van der Waals surface area (Å²) in [5.41, 5.74) is 1.92. The first-order valence-electron chi connectivity index (χ1n) is 4.44. The number of nitrogens with zero attached hydrogens (tertiary/aromatic N) is 3. The predicted octanol–water partition coefficient (Wildman–Crippen LogP) is 3.18. The van der Waals surface area contributed by atoms with E-state index in [9.17, 15) is 0 Å². The molecule has 5 heteroatoms. The molecule has 3 nitrogen and oxygen atoms in total. The summed E-state index contributed by atoms with van der Waals surface area (Å²) in [4.78, 5) is 8.34. The van der Waals surface area contributed by atoms with Crippen molar-refractivity contribution >= 4 is 38.6 Å². The maximum atomic E-state index is 6.08. The van der Waals surface area contributed by atoms with Crippen LogP contribution < -0.4 is 0 Å². The molecule has 2 aromatic heterocycles. The quantitative estimate of drug-likeness (QED) is 0.798. The first kappa shape index (κ1) is 8.68. The topological polar surface area (TPSA) is 30.7 Å². The summed E-state index contributed by atoms with van der Waals surface area (Å²) >= 11 is 9.55. The molecule has 3 rings (SSSR count). The fraction of sp³-hybridized carbons (Fsp3) is 0.333. The summed E-state index contributed by atoms with van der Waals surface area (Å²) in [5.74, 6) is 0. The van der Waals surface area contributed by atoms with E-state index in [0.717, 1.165) is 15.5 Å². The van der Waals surface area contributed by atoms with E-state index in [1.54, 1.807) is 12.4 Å². The van der Waals surface area contributed by atoms with Gasteiger partial charge in [-0.15, -0.1) is 0 Å². The van der Waals surface area contributed by atoms with E-state index < -0.39 is 0 Å². The first-order chi connectivity index (χ1) is 6.77. The van der Waals surface area contributed by atoms with E-state index in [1.165, 1.54) is 12.8 Å². The van der Waals surface area contributed by atoms with Crippen molar-refractivity contribution in [3.63, 3.8) is 0 Å². The Hall–Kier alpha value is -0.610. The van der Waals surface area contributed by atoms with Gasteiger partial charge in [-0.3, -0.25) is 4.98 Å². The Labute approximate surface area is 94.2 Å². The molecule has 1 aliphatic carbocycles. The van der Waals surface area contributed by atoms with Crippen molar-refractivity contribution < 1.29 is 0 Å². The molecule has 1 fully saturated rings. The second-order valence-electron chi connectivity index (χ2n) is 3.47. The maximum absolute atomic E-state index is 6.08. The average molecular weight is 273 g/mol. The molecular formula is C9H7BrClN3. The first-order valence-corrected chi connectivity index (χ1v) is 5.61. The van der Waals surface area contributed by atoms with Crippen LogP contribution in [0.15, 0.2) is 16.9 Å². The predicted molar refractivity (Wildman–Crippen MR) is 58.5 cm³/mol. The fourth-order valence-electron chi connectivity index (χ4n) is 1.65. The SMILES string of the molecule is Clc1nc2cncc(Br)c2n1C1CC1.